The van der Waals surface area contributed by atoms with Crippen molar-refractivity contribution in [3.05, 3.63) is 0 Å². The zero-order valence-electron chi connectivity index (χ0n) is 10.6. The third-order valence-electron chi connectivity index (χ3n) is 2.95. The fourth-order valence-electron chi connectivity index (χ4n) is 1.79. The van der Waals surface area contributed by atoms with Gasteiger partial charge in [-0.05, 0) is 12.8 Å². The van der Waals surface area contributed by atoms with Crippen LogP contribution in [0.3, 0.4) is 0 Å². The molecule has 2 amide bonds. The highest BCUT2D eigenvalue weighted by atomic mass is 19.4. The van der Waals surface area contributed by atoms with Crippen LogP contribution in [-0.4, -0.2) is 61.5 Å². The van der Waals surface area contributed by atoms with Gasteiger partial charge in [0.1, 0.15) is 6.04 Å². The highest BCUT2D eigenvalue weighted by molar-refractivity contribution is 5.86. The van der Waals surface area contributed by atoms with E-state index in [0.29, 0.717) is 0 Å². The number of morpholine rings is 1. The minimum Gasteiger partial charge on any atom is -0.440 e. The van der Waals surface area contributed by atoms with Gasteiger partial charge in [-0.2, -0.15) is 13.2 Å². The number of alkyl halides is 3. The zero-order chi connectivity index (χ0) is 14.8. The Morgan fingerprint density at radius 3 is 2.65 bits per heavy atom. The first kappa shape index (κ1) is 14.9. The molecule has 1 N–H and O–H groups in total. The molecular formula is C11H15F3N2O4. The molecule has 0 radical (unpaired) electrons. The number of carbonyl (C=O) groups excluding carboxylic acids is 2. The van der Waals surface area contributed by atoms with Crippen molar-refractivity contribution < 1.29 is 32.2 Å². The number of hydrogen-bond donors (Lipinski definition) is 1. The highest BCUT2D eigenvalue weighted by Crippen LogP contribution is 2.20. The van der Waals surface area contributed by atoms with E-state index >= 15 is 0 Å². The number of halogens is 3. The Morgan fingerprint density at radius 1 is 1.35 bits per heavy atom. The smallest absolute Gasteiger partial charge is 0.422 e. The van der Waals surface area contributed by atoms with Crippen LogP contribution < -0.4 is 5.32 Å². The van der Waals surface area contributed by atoms with E-state index in [1.54, 1.807) is 0 Å². The molecule has 114 valence electrons. The molecule has 1 aliphatic heterocycles. The SMILES string of the molecule is O=C(NC1CC1)C1COCCN1C(=O)OCC(F)(F)F. The van der Waals surface area contributed by atoms with Gasteiger partial charge in [0, 0.05) is 12.6 Å². The molecule has 2 aliphatic rings. The van der Waals surface area contributed by atoms with Crippen molar-refractivity contribution >= 4 is 12.0 Å². The highest BCUT2D eigenvalue weighted by Gasteiger charge is 2.38. The zero-order valence-corrected chi connectivity index (χ0v) is 10.6. The van der Waals surface area contributed by atoms with E-state index in [4.69, 9.17) is 4.74 Å². The minimum atomic E-state index is -4.59. The number of ether oxygens (including phenoxy) is 2. The maximum absolute atomic E-state index is 12.0. The van der Waals surface area contributed by atoms with E-state index in [9.17, 15) is 22.8 Å². The second-order valence-corrected chi connectivity index (χ2v) is 4.74. The van der Waals surface area contributed by atoms with Gasteiger partial charge in [0.25, 0.3) is 0 Å². The molecule has 1 heterocycles. The summed E-state index contributed by atoms with van der Waals surface area (Å²) in [5.74, 6) is -0.420. The third kappa shape index (κ3) is 4.26. The lowest BCUT2D eigenvalue weighted by Crippen LogP contribution is -2.56. The summed E-state index contributed by atoms with van der Waals surface area (Å²) in [6.07, 6.45) is -4.00. The lowest BCUT2D eigenvalue weighted by atomic mass is 10.2. The molecule has 1 unspecified atom stereocenters. The predicted molar refractivity (Wildman–Crippen MR) is 59.9 cm³/mol. The summed E-state index contributed by atoms with van der Waals surface area (Å²) in [4.78, 5) is 24.5. The molecule has 0 aromatic rings. The Labute approximate surface area is 113 Å². The van der Waals surface area contributed by atoms with Gasteiger partial charge in [0.05, 0.1) is 13.2 Å². The molecule has 20 heavy (non-hydrogen) atoms. The third-order valence-corrected chi connectivity index (χ3v) is 2.95. The Morgan fingerprint density at radius 2 is 2.05 bits per heavy atom. The van der Waals surface area contributed by atoms with Crippen LogP contribution in [0.15, 0.2) is 0 Å². The van der Waals surface area contributed by atoms with Crippen molar-refractivity contribution in [1.29, 1.82) is 0 Å². The molecule has 0 bridgehead atoms. The first-order valence-corrected chi connectivity index (χ1v) is 6.25. The molecule has 0 aromatic heterocycles. The van der Waals surface area contributed by atoms with Crippen molar-refractivity contribution in [1.82, 2.24) is 10.2 Å². The summed E-state index contributed by atoms with van der Waals surface area (Å²) in [6, 6.07) is -0.845. The van der Waals surface area contributed by atoms with Gasteiger partial charge < -0.3 is 14.8 Å². The molecule has 2 fully saturated rings. The van der Waals surface area contributed by atoms with Gasteiger partial charge in [-0.25, -0.2) is 4.79 Å². The van der Waals surface area contributed by atoms with E-state index < -0.39 is 30.8 Å². The Hall–Kier alpha value is -1.51. The predicted octanol–water partition coefficient (Wildman–Crippen LogP) is 0.665. The lowest BCUT2D eigenvalue weighted by Gasteiger charge is -2.33. The van der Waals surface area contributed by atoms with E-state index in [0.717, 1.165) is 17.7 Å². The maximum atomic E-state index is 12.0. The monoisotopic (exact) mass is 296 g/mol. The molecule has 0 spiro atoms. The lowest BCUT2D eigenvalue weighted by molar-refractivity contribution is -0.164. The number of nitrogens with one attached hydrogen (secondary N) is 1. The standard InChI is InChI=1S/C11H15F3N2O4/c12-11(13,14)6-20-10(18)16-3-4-19-5-8(16)9(17)15-7-1-2-7/h7-8H,1-6H2,(H,15,17). The second-order valence-electron chi connectivity index (χ2n) is 4.74. The molecule has 1 atom stereocenters. The Balaban J connectivity index is 1.91. The van der Waals surface area contributed by atoms with E-state index in [2.05, 4.69) is 10.1 Å². The van der Waals surface area contributed by atoms with Gasteiger partial charge in [0.2, 0.25) is 5.91 Å². The van der Waals surface area contributed by atoms with Crippen molar-refractivity contribution in [2.75, 3.05) is 26.4 Å². The fraction of sp³-hybridized carbons (Fsp3) is 0.818. The van der Waals surface area contributed by atoms with Gasteiger partial charge >= 0.3 is 12.3 Å². The Bertz CT molecular complexity index is 384. The first-order valence-electron chi connectivity index (χ1n) is 6.25. The van der Waals surface area contributed by atoms with Crippen LogP contribution in [0.1, 0.15) is 12.8 Å². The normalized spacial score (nSPS) is 23.4. The van der Waals surface area contributed by atoms with Crippen molar-refractivity contribution in [3.8, 4) is 0 Å². The van der Waals surface area contributed by atoms with Gasteiger partial charge in [0.15, 0.2) is 6.61 Å². The van der Waals surface area contributed by atoms with Crippen LogP contribution in [0.2, 0.25) is 0 Å². The summed E-state index contributed by atoms with van der Waals surface area (Å²) in [5, 5.41) is 2.69. The van der Waals surface area contributed by atoms with Crippen LogP contribution in [0, 0.1) is 0 Å². The second kappa shape index (κ2) is 5.86. The van der Waals surface area contributed by atoms with E-state index in [1.165, 1.54) is 0 Å². The summed E-state index contributed by atoms with van der Waals surface area (Å²) < 4.78 is 45.3. The fourth-order valence-corrected chi connectivity index (χ4v) is 1.79. The van der Waals surface area contributed by atoms with E-state index in [-0.39, 0.29) is 25.8 Å². The number of rotatable bonds is 3. The molecule has 1 saturated heterocycles. The summed E-state index contributed by atoms with van der Waals surface area (Å²) in [5.41, 5.74) is 0. The van der Waals surface area contributed by atoms with Gasteiger partial charge in [-0.3, -0.25) is 9.69 Å². The van der Waals surface area contributed by atoms with E-state index in [1.807, 2.05) is 0 Å². The Kier molecular flexibility index (Phi) is 4.36. The molecular weight excluding hydrogens is 281 g/mol. The van der Waals surface area contributed by atoms with Gasteiger partial charge in [-0.1, -0.05) is 0 Å². The topological polar surface area (TPSA) is 67.9 Å². The molecule has 0 aromatic carbocycles. The molecule has 9 heteroatoms. The summed E-state index contributed by atoms with van der Waals surface area (Å²) in [7, 11) is 0. The van der Waals surface area contributed by atoms with Crippen LogP contribution in [-0.2, 0) is 14.3 Å². The number of nitrogens with zero attached hydrogens (tertiary/aromatic N) is 1. The minimum absolute atomic E-state index is 0.0272. The van der Waals surface area contributed by atoms with Crippen LogP contribution in [0.4, 0.5) is 18.0 Å². The molecule has 6 nitrogen and oxygen atoms in total. The van der Waals surface area contributed by atoms with Crippen molar-refractivity contribution in [2.24, 2.45) is 0 Å². The average molecular weight is 296 g/mol. The molecule has 1 aliphatic carbocycles. The number of hydrogen-bond acceptors (Lipinski definition) is 4. The number of carbonyl (C=O) groups is 2. The molecule has 1 saturated carbocycles. The van der Waals surface area contributed by atoms with Crippen LogP contribution in [0.25, 0.3) is 0 Å². The van der Waals surface area contributed by atoms with Crippen molar-refractivity contribution in [2.45, 2.75) is 31.1 Å². The van der Waals surface area contributed by atoms with Crippen LogP contribution >= 0.6 is 0 Å². The summed E-state index contributed by atoms with van der Waals surface area (Å²) >= 11 is 0. The first-order chi connectivity index (χ1) is 9.37. The maximum Gasteiger partial charge on any atom is 0.422 e. The average Bonchev–Trinajstić information content (AvgIpc) is 3.19. The van der Waals surface area contributed by atoms with Gasteiger partial charge in [-0.15, -0.1) is 0 Å². The van der Waals surface area contributed by atoms with Crippen LogP contribution in [0.5, 0.6) is 0 Å². The molecule has 2 rings (SSSR count). The summed E-state index contributed by atoms with van der Waals surface area (Å²) in [6.45, 7) is -1.52. The number of amides is 2. The largest absolute Gasteiger partial charge is 0.440 e. The van der Waals surface area contributed by atoms with Crippen molar-refractivity contribution in [3.63, 3.8) is 0 Å². The quantitative estimate of drug-likeness (QED) is 0.831.